The van der Waals surface area contributed by atoms with Crippen molar-refractivity contribution in [2.45, 2.75) is 17.9 Å². The number of rotatable bonds is 5. The van der Waals surface area contributed by atoms with Crippen LogP contribution in [0.15, 0.2) is 47.5 Å². The Labute approximate surface area is 128 Å². The van der Waals surface area contributed by atoms with Crippen LogP contribution < -0.4 is 4.90 Å². The lowest BCUT2D eigenvalue weighted by Crippen LogP contribution is -2.51. The number of carbonyl (C=O) groups is 1. The van der Waals surface area contributed by atoms with E-state index >= 15 is 0 Å². The Bertz CT molecular complexity index is 607. The minimum Gasteiger partial charge on any atom is -0.351 e. The molecule has 3 rings (SSSR count). The lowest BCUT2D eigenvalue weighted by molar-refractivity contribution is 0.112. The van der Waals surface area contributed by atoms with Gasteiger partial charge in [-0.15, -0.1) is 0 Å². The molecule has 1 aromatic carbocycles. The second-order valence-electron chi connectivity index (χ2n) is 5.09. The monoisotopic (exact) mass is 300 g/mol. The molecule has 0 N–H and O–H groups in total. The molecule has 0 amide bonds. The van der Waals surface area contributed by atoms with E-state index in [0.29, 0.717) is 5.56 Å². The summed E-state index contributed by atoms with van der Waals surface area (Å²) in [6.07, 6.45) is 2.61. The highest BCUT2D eigenvalue weighted by Crippen LogP contribution is 2.27. The van der Waals surface area contributed by atoms with Gasteiger partial charge in [-0.2, -0.15) is 0 Å². The zero-order valence-corrected chi connectivity index (χ0v) is 12.5. The fourth-order valence-electron chi connectivity index (χ4n) is 2.06. The second-order valence-corrected chi connectivity index (χ2v) is 5.92. The normalized spacial score (nSPS) is 14.8. The number of carbonyl (C=O) groups excluding carboxylic acids is 1. The molecule has 2 heterocycles. The van der Waals surface area contributed by atoms with Gasteiger partial charge in [-0.1, -0.05) is 17.7 Å². The summed E-state index contributed by atoms with van der Waals surface area (Å²) < 4.78 is 5.79. The summed E-state index contributed by atoms with van der Waals surface area (Å²) in [6, 6.07) is 11.9. The highest BCUT2D eigenvalue weighted by atomic mass is 32.2. The first-order valence-corrected chi connectivity index (χ1v) is 7.55. The average Bonchev–Trinajstić information content (AvgIpc) is 2.48. The first kappa shape index (κ1) is 14.1. The number of hydrogen-bond donors (Lipinski definition) is 0. The van der Waals surface area contributed by atoms with Gasteiger partial charge in [0.2, 0.25) is 0 Å². The van der Waals surface area contributed by atoms with Gasteiger partial charge < -0.3 is 9.08 Å². The van der Waals surface area contributed by atoms with Crippen molar-refractivity contribution in [3.63, 3.8) is 0 Å². The first-order chi connectivity index (χ1) is 10.2. The molecule has 4 nitrogen and oxygen atoms in total. The summed E-state index contributed by atoms with van der Waals surface area (Å²) in [6.45, 7) is 3.72. The predicted molar refractivity (Wildman–Crippen MR) is 83.7 cm³/mol. The van der Waals surface area contributed by atoms with Crippen LogP contribution in [0.25, 0.3) is 0 Å². The van der Waals surface area contributed by atoms with Crippen molar-refractivity contribution < 1.29 is 8.98 Å². The lowest BCUT2D eigenvalue weighted by Gasteiger charge is -2.39. The molecule has 1 aliphatic rings. The van der Waals surface area contributed by atoms with Crippen LogP contribution in [-0.2, 0) is 4.18 Å². The minimum absolute atomic E-state index is 0.212. The van der Waals surface area contributed by atoms with Crippen LogP contribution in [0.1, 0.15) is 15.9 Å². The van der Waals surface area contributed by atoms with Crippen LogP contribution >= 0.6 is 12.0 Å². The van der Waals surface area contributed by atoms with Crippen molar-refractivity contribution in [3.8, 4) is 0 Å². The molecule has 0 unspecified atom stereocenters. The Morgan fingerprint density at radius 1 is 1.24 bits per heavy atom. The van der Waals surface area contributed by atoms with E-state index in [-0.39, 0.29) is 6.10 Å². The van der Waals surface area contributed by atoms with Crippen LogP contribution in [0.3, 0.4) is 0 Å². The third-order valence-corrected chi connectivity index (χ3v) is 4.21. The van der Waals surface area contributed by atoms with Crippen molar-refractivity contribution in [2.75, 3.05) is 18.0 Å². The second kappa shape index (κ2) is 6.28. The molecule has 0 saturated carbocycles. The van der Waals surface area contributed by atoms with Crippen molar-refractivity contribution in [1.29, 1.82) is 0 Å². The zero-order valence-electron chi connectivity index (χ0n) is 11.7. The molecule has 1 aliphatic heterocycles. The number of aryl methyl sites for hydroxylation is 1. The smallest absolute Gasteiger partial charge is 0.151 e. The molecular formula is C16H16N2O2S. The molecule has 0 atom stereocenters. The summed E-state index contributed by atoms with van der Waals surface area (Å²) in [5.41, 5.74) is 1.85. The van der Waals surface area contributed by atoms with E-state index in [2.05, 4.69) is 41.1 Å². The van der Waals surface area contributed by atoms with Crippen LogP contribution in [0, 0.1) is 6.92 Å². The summed E-state index contributed by atoms with van der Waals surface area (Å²) in [4.78, 5) is 18.1. The van der Waals surface area contributed by atoms with E-state index in [9.17, 15) is 4.79 Å². The van der Waals surface area contributed by atoms with Crippen LogP contribution in [0.4, 0.5) is 5.82 Å². The molecule has 0 radical (unpaired) electrons. The minimum atomic E-state index is 0.212. The van der Waals surface area contributed by atoms with Crippen LogP contribution in [0.2, 0.25) is 0 Å². The maximum absolute atomic E-state index is 10.6. The van der Waals surface area contributed by atoms with E-state index in [0.717, 1.165) is 30.1 Å². The average molecular weight is 300 g/mol. The third kappa shape index (κ3) is 3.43. The number of aldehydes is 1. The van der Waals surface area contributed by atoms with E-state index in [1.54, 1.807) is 12.3 Å². The number of anilines is 1. The quantitative estimate of drug-likeness (QED) is 0.627. The fourth-order valence-corrected chi connectivity index (χ4v) is 2.67. The fraction of sp³-hybridized carbons (Fsp3) is 0.250. The lowest BCUT2D eigenvalue weighted by atomic mass is 10.1. The van der Waals surface area contributed by atoms with E-state index < -0.39 is 0 Å². The van der Waals surface area contributed by atoms with Gasteiger partial charge in [0.15, 0.2) is 6.29 Å². The zero-order chi connectivity index (χ0) is 14.7. The van der Waals surface area contributed by atoms with Crippen molar-refractivity contribution >= 4 is 24.1 Å². The number of pyridine rings is 1. The largest absolute Gasteiger partial charge is 0.351 e. The number of benzene rings is 1. The molecule has 2 aromatic rings. The van der Waals surface area contributed by atoms with E-state index in [1.165, 1.54) is 17.6 Å². The highest BCUT2D eigenvalue weighted by molar-refractivity contribution is 7.94. The topological polar surface area (TPSA) is 42.4 Å². The van der Waals surface area contributed by atoms with E-state index in [4.69, 9.17) is 4.18 Å². The number of nitrogens with zero attached hydrogens (tertiary/aromatic N) is 2. The maximum atomic E-state index is 10.6. The first-order valence-electron chi connectivity index (χ1n) is 6.81. The molecule has 1 aromatic heterocycles. The molecule has 0 spiro atoms. The molecule has 108 valence electrons. The molecule has 0 aliphatic carbocycles. The molecule has 5 heteroatoms. The summed E-state index contributed by atoms with van der Waals surface area (Å²) >= 11 is 1.42. The molecular weight excluding hydrogens is 284 g/mol. The predicted octanol–water partition coefficient (Wildman–Crippen LogP) is 3.12. The van der Waals surface area contributed by atoms with Gasteiger partial charge in [0.05, 0.1) is 0 Å². The Balaban J connectivity index is 1.47. The van der Waals surface area contributed by atoms with Gasteiger partial charge in [0.25, 0.3) is 0 Å². The summed E-state index contributed by atoms with van der Waals surface area (Å²) in [7, 11) is 0. The maximum Gasteiger partial charge on any atom is 0.151 e. The third-order valence-electron chi connectivity index (χ3n) is 3.38. The van der Waals surface area contributed by atoms with Crippen LogP contribution in [0.5, 0.6) is 0 Å². The van der Waals surface area contributed by atoms with Crippen LogP contribution in [-0.4, -0.2) is 30.5 Å². The van der Waals surface area contributed by atoms with Crippen molar-refractivity contribution in [1.82, 2.24) is 4.98 Å². The number of aromatic nitrogens is 1. The SMILES string of the molecule is Cc1ccc(SOC2CN(c3ccc(C=O)cn3)C2)cc1. The van der Waals surface area contributed by atoms with Gasteiger partial charge in [0.1, 0.15) is 11.9 Å². The van der Waals surface area contributed by atoms with Gasteiger partial charge in [-0.05, 0) is 31.2 Å². The van der Waals surface area contributed by atoms with E-state index in [1.807, 2.05) is 6.07 Å². The molecule has 1 fully saturated rings. The summed E-state index contributed by atoms with van der Waals surface area (Å²) in [5, 5.41) is 0. The molecule has 0 bridgehead atoms. The van der Waals surface area contributed by atoms with Crippen molar-refractivity contribution in [3.05, 3.63) is 53.7 Å². The van der Waals surface area contributed by atoms with Gasteiger partial charge >= 0.3 is 0 Å². The Morgan fingerprint density at radius 2 is 2.00 bits per heavy atom. The Morgan fingerprint density at radius 3 is 2.62 bits per heavy atom. The highest BCUT2D eigenvalue weighted by Gasteiger charge is 2.29. The standard InChI is InChI=1S/C16H16N2O2S/c1-12-2-5-15(6-3-12)21-20-14-9-18(10-14)16-7-4-13(11-19)8-17-16/h2-8,11,14H,9-10H2,1H3. The van der Waals surface area contributed by atoms with Gasteiger partial charge in [0, 0.05) is 41.8 Å². The van der Waals surface area contributed by atoms with Gasteiger partial charge in [-0.3, -0.25) is 4.79 Å². The number of hydrogen-bond acceptors (Lipinski definition) is 5. The van der Waals surface area contributed by atoms with Crippen molar-refractivity contribution in [2.24, 2.45) is 0 Å². The summed E-state index contributed by atoms with van der Waals surface area (Å²) in [5.74, 6) is 0.890. The Hall–Kier alpha value is -1.85. The molecule has 21 heavy (non-hydrogen) atoms. The molecule has 1 saturated heterocycles. The van der Waals surface area contributed by atoms with Gasteiger partial charge in [-0.25, -0.2) is 4.98 Å². The Kier molecular flexibility index (Phi) is 4.22.